The smallest absolute Gasteiger partial charge is 0.277 e. The molecule has 5 nitrogen and oxygen atoms in total. The normalized spacial score (nSPS) is 10.3. The summed E-state index contributed by atoms with van der Waals surface area (Å²) in [5.74, 6) is -0.297. The van der Waals surface area contributed by atoms with Crippen molar-refractivity contribution in [2.75, 3.05) is 0 Å². The van der Waals surface area contributed by atoms with E-state index in [0.29, 0.717) is 10.9 Å². The number of rotatable bonds is 1. The second-order valence-electron chi connectivity index (χ2n) is 2.81. The molecule has 0 bridgehead atoms. The van der Waals surface area contributed by atoms with Crippen molar-refractivity contribution in [3.05, 3.63) is 40.4 Å². The molecule has 0 fully saturated rings. The Hall–Kier alpha value is -2.17. The molecule has 1 aromatic carbocycles. The first-order valence-corrected chi connectivity index (χ1v) is 3.94. The molecule has 0 aliphatic rings. The molecule has 0 amide bonds. The molecule has 0 saturated carbocycles. The Morgan fingerprint density at radius 2 is 2.07 bits per heavy atom. The molecule has 0 spiro atoms. The first-order chi connectivity index (χ1) is 6.68. The molecule has 0 atom stereocenters. The van der Waals surface area contributed by atoms with Crippen molar-refractivity contribution in [1.29, 1.82) is 0 Å². The quantitative estimate of drug-likeness (QED) is 0.507. The van der Waals surface area contributed by atoms with Crippen molar-refractivity contribution in [2.24, 2.45) is 0 Å². The van der Waals surface area contributed by atoms with Crippen molar-refractivity contribution in [1.82, 2.24) is 10.7 Å². The van der Waals surface area contributed by atoms with Crippen LogP contribution in [0.3, 0.4) is 0 Å². The summed E-state index contributed by atoms with van der Waals surface area (Å²) >= 11 is 0. The monoisotopic (exact) mass is 188 g/mol. The number of aromatic nitrogens is 1. The van der Waals surface area contributed by atoms with Crippen LogP contribution in [0.2, 0.25) is 0 Å². The van der Waals surface area contributed by atoms with Gasteiger partial charge in [0.1, 0.15) is 0 Å². The maximum atomic E-state index is 10.5. The van der Waals surface area contributed by atoms with E-state index in [2.05, 4.69) is 4.98 Å². The van der Waals surface area contributed by atoms with E-state index in [9.17, 15) is 10.1 Å². The molecule has 1 aromatic heterocycles. The molecular formula is C9H6N3O2. The highest BCUT2D eigenvalue weighted by Crippen LogP contribution is 2.24. The summed E-state index contributed by atoms with van der Waals surface area (Å²) in [6.45, 7) is 0. The minimum absolute atomic E-state index is 0.260. The minimum atomic E-state index is -0.595. The zero-order valence-corrected chi connectivity index (χ0v) is 7.10. The van der Waals surface area contributed by atoms with Crippen LogP contribution in [0.25, 0.3) is 10.9 Å². The second kappa shape index (κ2) is 2.95. The lowest BCUT2D eigenvalue weighted by molar-refractivity contribution is -0.384. The van der Waals surface area contributed by atoms with E-state index in [0.717, 1.165) is 0 Å². The third-order valence-corrected chi connectivity index (χ3v) is 1.90. The van der Waals surface area contributed by atoms with Crippen LogP contribution in [0.15, 0.2) is 30.3 Å². The van der Waals surface area contributed by atoms with Gasteiger partial charge in [-0.05, 0) is 6.07 Å². The molecule has 0 unspecified atom stereocenters. The Balaban J connectivity index is 2.77. The summed E-state index contributed by atoms with van der Waals surface area (Å²) in [5.41, 5.74) is 7.67. The maximum Gasteiger partial charge on any atom is 0.313 e. The Bertz CT molecular complexity index is 510. The van der Waals surface area contributed by atoms with E-state index in [-0.39, 0.29) is 11.5 Å². The van der Waals surface area contributed by atoms with Gasteiger partial charge in [0, 0.05) is 11.5 Å². The number of hydrogen-bond acceptors (Lipinski definition) is 3. The van der Waals surface area contributed by atoms with Gasteiger partial charge in [-0.1, -0.05) is 18.2 Å². The summed E-state index contributed by atoms with van der Waals surface area (Å²) in [7, 11) is 0. The van der Waals surface area contributed by atoms with Crippen LogP contribution < -0.4 is 5.73 Å². The molecule has 14 heavy (non-hydrogen) atoms. The standard InChI is InChI=1S/C9H6N3O2/c10-9-8(12(13)14)5-6-3-1-2-4-7(6)11-9/h1-5,10H. The Labute approximate surface area is 79.3 Å². The zero-order chi connectivity index (χ0) is 10.1. The van der Waals surface area contributed by atoms with Gasteiger partial charge in [0.2, 0.25) is 5.82 Å². The van der Waals surface area contributed by atoms with E-state index in [1.807, 2.05) is 0 Å². The van der Waals surface area contributed by atoms with E-state index in [1.54, 1.807) is 24.3 Å². The van der Waals surface area contributed by atoms with Gasteiger partial charge in [0.25, 0.3) is 0 Å². The van der Waals surface area contributed by atoms with Crippen LogP contribution in [0, 0.1) is 10.1 Å². The first-order valence-electron chi connectivity index (χ1n) is 3.94. The molecule has 5 heteroatoms. The Morgan fingerprint density at radius 3 is 2.79 bits per heavy atom. The lowest BCUT2D eigenvalue weighted by atomic mass is 10.2. The van der Waals surface area contributed by atoms with E-state index < -0.39 is 4.92 Å². The van der Waals surface area contributed by atoms with Crippen molar-refractivity contribution in [2.45, 2.75) is 0 Å². The van der Waals surface area contributed by atoms with Crippen LogP contribution in [0.4, 0.5) is 11.5 Å². The van der Waals surface area contributed by atoms with Crippen molar-refractivity contribution < 1.29 is 4.92 Å². The number of para-hydroxylation sites is 1. The molecule has 1 N–H and O–H groups in total. The highest BCUT2D eigenvalue weighted by molar-refractivity contribution is 5.83. The van der Waals surface area contributed by atoms with E-state index in [4.69, 9.17) is 5.73 Å². The summed E-state index contributed by atoms with van der Waals surface area (Å²) in [5, 5.41) is 11.2. The SMILES string of the molecule is [NH]c1nc2ccccc2cc1[N+](=O)[O-]. The third-order valence-electron chi connectivity index (χ3n) is 1.90. The molecule has 2 rings (SSSR count). The predicted molar refractivity (Wildman–Crippen MR) is 51.2 cm³/mol. The number of hydrogen-bond donors (Lipinski definition) is 0. The fourth-order valence-electron chi connectivity index (χ4n) is 1.24. The predicted octanol–water partition coefficient (Wildman–Crippen LogP) is 2.06. The van der Waals surface area contributed by atoms with Gasteiger partial charge in [0.15, 0.2) is 0 Å². The van der Waals surface area contributed by atoms with Gasteiger partial charge in [-0.15, -0.1) is 0 Å². The second-order valence-corrected chi connectivity index (χ2v) is 2.81. The van der Waals surface area contributed by atoms with Gasteiger partial charge in [-0.3, -0.25) is 15.8 Å². The molecule has 0 saturated heterocycles. The molecule has 0 aliphatic heterocycles. The molecular weight excluding hydrogens is 182 g/mol. The fraction of sp³-hybridized carbons (Fsp3) is 0. The zero-order valence-electron chi connectivity index (χ0n) is 7.10. The summed E-state index contributed by atoms with van der Waals surface area (Å²) in [6.07, 6.45) is 0. The van der Waals surface area contributed by atoms with Crippen LogP contribution in [-0.4, -0.2) is 9.91 Å². The Morgan fingerprint density at radius 1 is 1.36 bits per heavy atom. The van der Waals surface area contributed by atoms with Crippen LogP contribution >= 0.6 is 0 Å². The lowest BCUT2D eigenvalue weighted by Gasteiger charge is -1.98. The summed E-state index contributed by atoms with van der Waals surface area (Å²) in [6, 6.07) is 8.37. The van der Waals surface area contributed by atoms with Gasteiger partial charge >= 0.3 is 5.69 Å². The van der Waals surface area contributed by atoms with Crippen molar-refractivity contribution in [3.63, 3.8) is 0 Å². The lowest BCUT2D eigenvalue weighted by Crippen LogP contribution is -1.92. The molecule has 1 radical (unpaired) electrons. The highest BCUT2D eigenvalue weighted by Gasteiger charge is 2.13. The van der Waals surface area contributed by atoms with Gasteiger partial charge in [-0.25, -0.2) is 4.98 Å². The average Bonchev–Trinajstić information content (AvgIpc) is 2.16. The van der Waals surface area contributed by atoms with E-state index >= 15 is 0 Å². The third kappa shape index (κ3) is 1.24. The number of nitrogens with zero attached hydrogens (tertiary/aromatic N) is 2. The van der Waals surface area contributed by atoms with Crippen molar-refractivity contribution >= 4 is 22.4 Å². The summed E-state index contributed by atoms with van der Waals surface area (Å²) < 4.78 is 0. The number of fused-ring (bicyclic) bond motifs is 1. The summed E-state index contributed by atoms with van der Waals surface area (Å²) in [4.78, 5) is 13.7. The van der Waals surface area contributed by atoms with Crippen molar-refractivity contribution in [3.8, 4) is 0 Å². The van der Waals surface area contributed by atoms with Gasteiger partial charge < -0.3 is 0 Å². The highest BCUT2D eigenvalue weighted by atomic mass is 16.6. The Kier molecular flexibility index (Phi) is 1.78. The van der Waals surface area contributed by atoms with Crippen LogP contribution in [0.5, 0.6) is 0 Å². The average molecular weight is 188 g/mol. The number of nitro groups is 1. The van der Waals surface area contributed by atoms with E-state index in [1.165, 1.54) is 6.07 Å². The first kappa shape index (κ1) is 8.43. The van der Waals surface area contributed by atoms with Gasteiger partial charge in [-0.2, -0.15) is 0 Å². The number of pyridine rings is 1. The molecule has 69 valence electrons. The largest absolute Gasteiger partial charge is 0.313 e. The fourth-order valence-corrected chi connectivity index (χ4v) is 1.24. The maximum absolute atomic E-state index is 10.5. The number of nitrogens with one attached hydrogen (secondary N) is 1. The topological polar surface area (TPSA) is 79.8 Å². The van der Waals surface area contributed by atoms with Gasteiger partial charge in [0.05, 0.1) is 10.4 Å². The number of benzene rings is 1. The molecule has 0 aliphatic carbocycles. The van der Waals surface area contributed by atoms with Crippen LogP contribution in [0.1, 0.15) is 0 Å². The molecule has 2 aromatic rings. The van der Waals surface area contributed by atoms with Crippen LogP contribution in [-0.2, 0) is 0 Å². The minimum Gasteiger partial charge on any atom is -0.277 e. The molecule has 1 heterocycles.